The molecule has 32 heavy (non-hydrogen) atoms. The lowest BCUT2D eigenvalue weighted by Gasteiger charge is -2.47. The molecule has 3 heterocycles. The summed E-state index contributed by atoms with van der Waals surface area (Å²) < 4.78 is 30.8. The third kappa shape index (κ3) is 5.45. The van der Waals surface area contributed by atoms with E-state index in [0.29, 0.717) is 50.4 Å². The first kappa shape index (κ1) is 22.3. The monoisotopic (exact) mass is 444 g/mol. The van der Waals surface area contributed by atoms with E-state index in [1.165, 1.54) is 12.1 Å². The van der Waals surface area contributed by atoms with E-state index in [0.717, 1.165) is 12.8 Å². The van der Waals surface area contributed by atoms with E-state index < -0.39 is 5.60 Å². The van der Waals surface area contributed by atoms with Gasteiger partial charge in [0.1, 0.15) is 17.2 Å². The fourth-order valence-corrected chi connectivity index (χ4v) is 3.94. The van der Waals surface area contributed by atoms with Crippen LogP contribution in [-0.2, 0) is 9.47 Å². The topological polar surface area (TPSA) is 77.0 Å². The zero-order valence-corrected chi connectivity index (χ0v) is 18.7. The average Bonchev–Trinajstić information content (AvgIpc) is 2.73. The molecule has 8 nitrogen and oxygen atoms in total. The number of anilines is 1. The number of rotatable bonds is 3. The lowest BCUT2D eigenvalue weighted by atomic mass is 9.89. The van der Waals surface area contributed by atoms with Gasteiger partial charge in [-0.1, -0.05) is 6.07 Å². The molecule has 9 heteroatoms. The maximum Gasteiger partial charge on any atom is 0.410 e. The zero-order chi connectivity index (χ0) is 22.8. The normalized spacial score (nSPS) is 18.5. The highest BCUT2D eigenvalue weighted by Gasteiger charge is 2.42. The minimum Gasteiger partial charge on any atom is -0.444 e. The van der Waals surface area contributed by atoms with Gasteiger partial charge in [-0.05, 0) is 45.7 Å². The molecule has 1 aromatic carbocycles. The number of ether oxygens (including phenoxy) is 3. The number of benzene rings is 1. The van der Waals surface area contributed by atoms with Gasteiger partial charge in [0, 0.05) is 38.0 Å². The zero-order valence-electron chi connectivity index (χ0n) is 18.7. The van der Waals surface area contributed by atoms with Gasteiger partial charge in [0.15, 0.2) is 0 Å². The van der Waals surface area contributed by atoms with Gasteiger partial charge in [0.25, 0.3) is 0 Å². The van der Waals surface area contributed by atoms with Crippen LogP contribution in [0.4, 0.5) is 15.1 Å². The van der Waals surface area contributed by atoms with Crippen molar-refractivity contribution in [1.82, 2.24) is 14.9 Å². The van der Waals surface area contributed by atoms with Gasteiger partial charge in [-0.3, -0.25) is 0 Å². The van der Waals surface area contributed by atoms with Crippen LogP contribution >= 0.6 is 0 Å². The summed E-state index contributed by atoms with van der Waals surface area (Å²) in [6, 6.07) is 7.57. The van der Waals surface area contributed by atoms with Crippen LogP contribution in [0.3, 0.4) is 0 Å². The molecule has 0 unspecified atom stereocenters. The van der Waals surface area contributed by atoms with E-state index in [1.54, 1.807) is 29.3 Å². The quantitative estimate of drug-likeness (QED) is 0.708. The second-order valence-electron chi connectivity index (χ2n) is 9.17. The van der Waals surface area contributed by atoms with E-state index in [2.05, 4.69) is 14.9 Å². The average molecular weight is 445 g/mol. The van der Waals surface area contributed by atoms with Crippen molar-refractivity contribution in [2.75, 3.05) is 37.7 Å². The van der Waals surface area contributed by atoms with Gasteiger partial charge in [0.05, 0.1) is 18.8 Å². The first-order valence-electron chi connectivity index (χ1n) is 10.8. The highest BCUT2D eigenvalue weighted by Crippen LogP contribution is 2.32. The summed E-state index contributed by atoms with van der Waals surface area (Å²) in [4.78, 5) is 25.2. The van der Waals surface area contributed by atoms with Crippen LogP contribution in [0.25, 0.3) is 0 Å². The largest absolute Gasteiger partial charge is 0.444 e. The molecule has 2 aliphatic heterocycles. The molecule has 1 aromatic heterocycles. The van der Waals surface area contributed by atoms with E-state index in [1.807, 2.05) is 20.8 Å². The maximum absolute atomic E-state index is 13.4. The first-order chi connectivity index (χ1) is 15.2. The smallest absolute Gasteiger partial charge is 0.410 e. The van der Waals surface area contributed by atoms with Crippen LogP contribution in [0.2, 0.25) is 0 Å². The van der Waals surface area contributed by atoms with Gasteiger partial charge in [0.2, 0.25) is 11.8 Å². The Morgan fingerprint density at radius 2 is 1.97 bits per heavy atom. The second-order valence-corrected chi connectivity index (χ2v) is 9.17. The van der Waals surface area contributed by atoms with Crippen molar-refractivity contribution in [1.29, 1.82) is 0 Å². The predicted octanol–water partition coefficient (Wildman–Crippen LogP) is 4.01. The fraction of sp³-hybridized carbons (Fsp3) is 0.522. The van der Waals surface area contributed by atoms with Crippen LogP contribution in [-0.4, -0.2) is 64.9 Å². The number of piperidine rings is 1. The van der Waals surface area contributed by atoms with Crippen LogP contribution in [0, 0.1) is 5.82 Å². The van der Waals surface area contributed by atoms with Gasteiger partial charge < -0.3 is 24.0 Å². The molecule has 0 radical (unpaired) electrons. The molecule has 2 aliphatic rings. The molecular weight excluding hydrogens is 415 g/mol. The summed E-state index contributed by atoms with van der Waals surface area (Å²) in [5.41, 5.74) is -0.914. The van der Waals surface area contributed by atoms with E-state index in [9.17, 15) is 9.18 Å². The summed E-state index contributed by atoms with van der Waals surface area (Å²) in [6.07, 6.45) is 2.81. The highest BCUT2D eigenvalue weighted by atomic mass is 19.1. The molecule has 4 rings (SSSR count). The number of halogens is 1. The van der Waals surface area contributed by atoms with Gasteiger partial charge in [-0.2, -0.15) is 4.98 Å². The molecule has 0 N–H and O–H groups in total. The molecular formula is C23H29FN4O4. The van der Waals surface area contributed by atoms with Crippen molar-refractivity contribution in [2.24, 2.45) is 0 Å². The fourth-order valence-electron chi connectivity index (χ4n) is 3.94. The number of carbonyl (C=O) groups is 1. The molecule has 1 amide bonds. The van der Waals surface area contributed by atoms with Crippen molar-refractivity contribution in [3.8, 4) is 11.6 Å². The predicted molar refractivity (Wildman–Crippen MR) is 116 cm³/mol. The Kier molecular flexibility index (Phi) is 6.19. The van der Waals surface area contributed by atoms with Crippen LogP contribution in [0.15, 0.2) is 36.5 Å². The lowest BCUT2D eigenvalue weighted by molar-refractivity contribution is -0.119. The molecule has 0 atom stereocenters. The van der Waals surface area contributed by atoms with Crippen molar-refractivity contribution in [3.63, 3.8) is 0 Å². The van der Waals surface area contributed by atoms with Crippen molar-refractivity contribution in [3.05, 3.63) is 42.3 Å². The Bertz CT molecular complexity index is 957. The highest BCUT2D eigenvalue weighted by molar-refractivity contribution is 5.68. The van der Waals surface area contributed by atoms with Crippen LogP contribution < -0.4 is 9.64 Å². The Morgan fingerprint density at radius 3 is 2.69 bits per heavy atom. The number of aromatic nitrogens is 2. The Morgan fingerprint density at radius 1 is 1.19 bits per heavy atom. The summed E-state index contributed by atoms with van der Waals surface area (Å²) in [5.74, 6) is 0.913. The number of morpholine rings is 1. The van der Waals surface area contributed by atoms with Gasteiger partial charge >= 0.3 is 6.09 Å². The molecule has 1 spiro atoms. The molecule has 0 saturated carbocycles. The first-order valence-corrected chi connectivity index (χ1v) is 10.8. The summed E-state index contributed by atoms with van der Waals surface area (Å²) in [6.45, 7) is 8.51. The number of carbonyl (C=O) groups excluding carboxylic acids is 1. The van der Waals surface area contributed by atoms with E-state index in [-0.39, 0.29) is 17.5 Å². The Labute approximate surface area is 187 Å². The molecule has 2 fully saturated rings. The summed E-state index contributed by atoms with van der Waals surface area (Å²) >= 11 is 0. The van der Waals surface area contributed by atoms with E-state index in [4.69, 9.17) is 14.2 Å². The van der Waals surface area contributed by atoms with Crippen molar-refractivity contribution < 1.29 is 23.4 Å². The van der Waals surface area contributed by atoms with Crippen LogP contribution in [0.1, 0.15) is 33.6 Å². The number of amides is 1. The second kappa shape index (κ2) is 8.90. The van der Waals surface area contributed by atoms with Gasteiger partial charge in [-0.25, -0.2) is 14.2 Å². The van der Waals surface area contributed by atoms with Crippen LogP contribution in [0.5, 0.6) is 11.6 Å². The number of hydrogen-bond acceptors (Lipinski definition) is 7. The van der Waals surface area contributed by atoms with Crippen molar-refractivity contribution in [2.45, 2.75) is 44.8 Å². The summed E-state index contributed by atoms with van der Waals surface area (Å²) in [5, 5.41) is 0. The summed E-state index contributed by atoms with van der Waals surface area (Å²) in [7, 11) is 0. The minimum absolute atomic E-state index is 0.298. The maximum atomic E-state index is 13.4. The third-order valence-electron chi connectivity index (χ3n) is 5.49. The third-order valence-corrected chi connectivity index (χ3v) is 5.49. The SMILES string of the molecule is CC(C)(C)OC(=O)N1CCOC2(CCN(c3nccc(Oc4cccc(F)c4)n3)CC2)C1. The number of hydrogen-bond donors (Lipinski definition) is 0. The lowest BCUT2D eigenvalue weighted by Crippen LogP contribution is -2.58. The van der Waals surface area contributed by atoms with E-state index >= 15 is 0 Å². The molecule has 2 saturated heterocycles. The molecule has 0 aliphatic carbocycles. The molecule has 172 valence electrons. The molecule has 2 aromatic rings. The number of nitrogens with zero attached hydrogens (tertiary/aromatic N) is 4. The van der Waals surface area contributed by atoms with Crippen molar-refractivity contribution >= 4 is 12.0 Å². The Hall–Kier alpha value is -2.94. The van der Waals surface area contributed by atoms with Gasteiger partial charge in [-0.15, -0.1) is 0 Å². The standard InChI is InChI=1S/C23H29FN4O4/c1-22(2,3)32-21(29)28-13-14-30-23(16-28)8-11-27(12-9-23)20-25-10-7-19(26-20)31-18-6-4-5-17(24)15-18/h4-7,10,15H,8-9,11-14,16H2,1-3H3. The molecule has 0 bridgehead atoms. The minimum atomic E-state index is -0.526. The Balaban J connectivity index is 1.37.